The van der Waals surface area contributed by atoms with Crippen LogP contribution in [0.5, 0.6) is 0 Å². The number of nitrogens with zero attached hydrogens (tertiary/aromatic N) is 2. The highest BCUT2D eigenvalue weighted by atomic mass is 19.4. The highest BCUT2D eigenvalue weighted by molar-refractivity contribution is 5.91. The highest BCUT2D eigenvalue weighted by Gasteiger charge is 2.30. The monoisotopic (exact) mass is 463 g/mol. The van der Waals surface area contributed by atoms with Gasteiger partial charge in [0.25, 0.3) is 5.91 Å². The SMILES string of the molecule is CC(C)CNC(=O)c1coc(CN(Cc2ccc(F)cc2)Cc2ccc(C(F)(F)F)cc2)n1. The Bertz CT molecular complexity index is 1040. The van der Waals surface area contributed by atoms with Gasteiger partial charge in [0, 0.05) is 19.6 Å². The van der Waals surface area contributed by atoms with Gasteiger partial charge in [-0.05, 0) is 41.3 Å². The summed E-state index contributed by atoms with van der Waals surface area (Å²) in [6.07, 6.45) is -3.13. The molecule has 0 aliphatic rings. The van der Waals surface area contributed by atoms with Crippen molar-refractivity contribution in [3.63, 3.8) is 0 Å². The number of halogens is 4. The second-order valence-electron chi connectivity index (χ2n) is 8.20. The molecule has 33 heavy (non-hydrogen) atoms. The van der Waals surface area contributed by atoms with Gasteiger partial charge >= 0.3 is 6.18 Å². The van der Waals surface area contributed by atoms with E-state index in [0.29, 0.717) is 31.1 Å². The van der Waals surface area contributed by atoms with Crippen LogP contribution in [0.3, 0.4) is 0 Å². The van der Waals surface area contributed by atoms with Crippen LogP contribution in [-0.4, -0.2) is 22.3 Å². The third-order valence-electron chi connectivity index (χ3n) is 4.82. The van der Waals surface area contributed by atoms with Crippen LogP contribution < -0.4 is 5.32 Å². The van der Waals surface area contributed by atoms with Gasteiger partial charge in [0.15, 0.2) is 5.69 Å². The van der Waals surface area contributed by atoms with Crippen LogP contribution in [-0.2, 0) is 25.8 Å². The Morgan fingerprint density at radius 3 is 2.12 bits per heavy atom. The maximum Gasteiger partial charge on any atom is 0.416 e. The molecule has 1 N–H and O–H groups in total. The Labute approximate surface area is 189 Å². The summed E-state index contributed by atoms with van der Waals surface area (Å²) < 4.78 is 57.3. The number of carbonyl (C=O) groups excluding carboxylic acids is 1. The predicted octanol–water partition coefficient (Wildman–Crippen LogP) is 5.42. The summed E-state index contributed by atoms with van der Waals surface area (Å²) in [7, 11) is 0. The Hall–Kier alpha value is -3.20. The van der Waals surface area contributed by atoms with Gasteiger partial charge in [0.1, 0.15) is 12.1 Å². The van der Waals surface area contributed by atoms with Crippen molar-refractivity contribution in [2.75, 3.05) is 6.54 Å². The van der Waals surface area contributed by atoms with Gasteiger partial charge in [-0.3, -0.25) is 9.69 Å². The minimum absolute atomic E-state index is 0.155. The van der Waals surface area contributed by atoms with E-state index in [1.807, 2.05) is 18.7 Å². The fraction of sp³-hybridized carbons (Fsp3) is 0.333. The molecule has 1 heterocycles. The van der Waals surface area contributed by atoms with Crippen LogP contribution in [0.15, 0.2) is 59.2 Å². The summed E-state index contributed by atoms with van der Waals surface area (Å²) in [5, 5.41) is 2.76. The molecule has 0 unspecified atom stereocenters. The average molecular weight is 463 g/mol. The molecule has 0 atom stereocenters. The summed E-state index contributed by atoms with van der Waals surface area (Å²) in [4.78, 5) is 18.3. The van der Waals surface area contributed by atoms with Crippen molar-refractivity contribution >= 4 is 5.91 Å². The Morgan fingerprint density at radius 1 is 1.00 bits per heavy atom. The Morgan fingerprint density at radius 2 is 1.58 bits per heavy atom. The maximum absolute atomic E-state index is 13.3. The van der Waals surface area contributed by atoms with Crippen LogP contribution in [0.1, 0.15) is 46.9 Å². The molecule has 3 rings (SSSR count). The fourth-order valence-electron chi connectivity index (χ4n) is 3.14. The van der Waals surface area contributed by atoms with E-state index in [4.69, 9.17) is 4.42 Å². The molecule has 9 heteroatoms. The molecule has 0 spiro atoms. The molecule has 2 aromatic carbocycles. The summed E-state index contributed by atoms with van der Waals surface area (Å²) in [5.41, 5.74) is 0.902. The largest absolute Gasteiger partial charge is 0.447 e. The maximum atomic E-state index is 13.3. The van der Waals surface area contributed by atoms with Crippen molar-refractivity contribution in [2.45, 2.75) is 39.7 Å². The lowest BCUT2D eigenvalue weighted by atomic mass is 10.1. The molecule has 0 aliphatic heterocycles. The molecule has 0 aliphatic carbocycles. The number of aromatic nitrogens is 1. The first-order valence-corrected chi connectivity index (χ1v) is 10.5. The third-order valence-corrected chi connectivity index (χ3v) is 4.82. The van der Waals surface area contributed by atoms with Crippen molar-refractivity contribution in [1.82, 2.24) is 15.2 Å². The number of hydrogen-bond acceptors (Lipinski definition) is 4. The van der Waals surface area contributed by atoms with E-state index in [-0.39, 0.29) is 29.9 Å². The second kappa shape index (κ2) is 10.6. The summed E-state index contributed by atoms with van der Waals surface area (Å²) in [6, 6.07) is 10.9. The molecule has 5 nitrogen and oxygen atoms in total. The van der Waals surface area contributed by atoms with Crippen LogP contribution >= 0.6 is 0 Å². The van der Waals surface area contributed by atoms with E-state index in [9.17, 15) is 22.4 Å². The minimum Gasteiger partial charge on any atom is -0.447 e. The lowest BCUT2D eigenvalue weighted by molar-refractivity contribution is -0.137. The van der Waals surface area contributed by atoms with E-state index < -0.39 is 11.7 Å². The van der Waals surface area contributed by atoms with E-state index in [1.165, 1.54) is 30.5 Å². The molecule has 1 amide bonds. The molecule has 1 aromatic heterocycles. The number of oxazole rings is 1. The average Bonchev–Trinajstić information content (AvgIpc) is 3.22. The van der Waals surface area contributed by atoms with Crippen molar-refractivity contribution in [2.24, 2.45) is 5.92 Å². The van der Waals surface area contributed by atoms with Crippen LogP contribution in [0.25, 0.3) is 0 Å². The first-order chi connectivity index (χ1) is 15.6. The van der Waals surface area contributed by atoms with Crippen LogP contribution in [0.2, 0.25) is 0 Å². The van der Waals surface area contributed by atoms with Gasteiger partial charge < -0.3 is 9.73 Å². The number of nitrogens with one attached hydrogen (secondary N) is 1. The summed E-state index contributed by atoms with van der Waals surface area (Å²) in [6.45, 7) is 5.33. The Balaban J connectivity index is 1.74. The van der Waals surface area contributed by atoms with E-state index in [2.05, 4.69) is 10.3 Å². The first-order valence-electron chi connectivity index (χ1n) is 10.5. The summed E-state index contributed by atoms with van der Waals surface area (Å²) >= 11 is 0. The molecule has 0 saturated carbocycles. The Kier molecular flexibility index (Phi) is 7.86. The minimum atomic E-state index is -4.41. The number of alkyl halides is 3. The zero-order valence-electron chi connectivity index (χ0n) is 18.3. The molecule has 0 fully saturated rings. The zero-order valence-corrected chi connectivity index (χ0v) is 18.3. The van der Waals surface area contributed by atoms with Crippen LogP contribution in [0.4, 0.5) is 17.6 Å². The van der Waals surface area contributed by atoms with Gasteiger partial charge in [0.05, 0.1) is 12.1 Å². The smallest absolute Gasteiger partial charge is 0.416 e. The molecule has 0 bridgehead atoms. The third kappa shape index (κ3) is 7.42. The number of benzene rings is 2. The molecule has 0 radical (unpaired) electrons. The van der Waals surface area contributed by atoms with Crippen LogP contribution in [0, 0.1) is 11.7 Å². The molecule has 3 aromatic rings. The fourth-order valence-corrected chi connectivity index (χ4v) is 3.14. The zero-order chi connectivity index (χ0) is 24.0. The van der Waals surface area contributed by atoms with Gasteiger partial charge in [-0.25, -0.2) is 9.37 Å². The van der Waals surface area contributed by atoms with E-state index in [0.717, 1.165) is 17.7 Å². The van der Waals surface area contributed by atoms with Gasteiger partial charge in [-0.2, -0.15) is 13.2 Å². The lowest BCUT2D eigenvalue weighted by Gasteiger charge is -2.21. The molecule has 0 saturated heterocycles. The van der Waals surface area contributed by atoms with E-state index in [1.54, 1.807) is 12.1 Å². The second-order valence-corrected chi connectivity index (χ2v) is 8.20. The number of carbonyl (C=O) groups is 1. The predicted molar refractivity (Wildman–Crippen MR) is 114 cm³/mol. The number of hydrogen-bond donors (Lipinski definition) is 1. The van der Waals surface area contributed by atoms with Crippen molar-refractivity contribution in [1.29, 1.82) is 0 Å². The van der Waals surface area contributed by atoms with Gasteiger partial charge in [-0.1, -0.05) is 38.1 Å². The molecule has 176 valence electrons. The number of amides is 1. The van der Waals surface area contributed by atoms with Gasteiger partial charge in [-0.15, -0.1) is 0 Å². The van der Waals surface area contributed by atoms with Crippen molar-refractivity contribution < 1.29 is 26.8 Å². The molecular weight excluding hydrogens is 438 g/mol. The highest BCUT2D eigenvalue weighted by Crippen LogP contribution is 2.29. The summed E-state index contributed by atoms with van der Waals surface area (Å²) in [5.74, 6) is -0.127. The van der Waals surface area contributed by atoms with Crippen molar-refractivity contribution in [3.05, 3.63) is 88.9 Å². The lowest BCUT2D eigenvalue weighted by Crippen LogP contribution is -2.27. The standard InChI is InChI=1S/C24H25F4N3O2/c1-16(2)11-29-23(32)21-15-33-22(30-21)14-31(13-18-5-9-20(25)10-6-18)12-17-3-7-19(8-4-17)24(26,27)28/h3-10,15-16H,11-14H2,1-2H3,(H,29,32). The quantitative estimate of drug-likeness (QED) is 0.431. The first kappa shape index (κ1) is 24.4. The topological polar surface area (TPSA) is 58.4 Å². The molecular formula is C24H25F4N3O2. The van der Waals surface area contributed by atoms with Gasteiger partial charge in [0.2, 0.25) is 5.89 Å². The normalized spacial score (nSPS) is 11.9. The van der Waals surface area contributed by atoms with Crippen molar-refractivity contribution in [3.8, 4) is 0 Å². The van der Waals surface area contributed by atoms with E-state index >= 15 is 0 Å². The number of rotatable bonds is 9.